The highest BCUT2D eigenvalue weighted by molar-refractivity contribution is 7.90. The van der Waals surface area contributed by atoms with Crippen LogP contribution in [0.4, 0.5) is 0 Å². The summed E-state index contributed by atoms with van der Waals surface area (Å²) in [5.41, 5.74) is 1.04. The Morgan fingerprint density at radius 3 is 2.70 bits per heavy atom. The Bertz CT molecular complexity index is 579. The number of sulfonamides is 1. The Labute approximate surface area is 119 Å². The highest BCUT2D eigenvalue weighted by Gasteiger charge is 2.28. The number of nitrogens with one attached hydrogen (secondary N) is 1. The van der Waals surface area contributed by atoms with E-state index in [2.05, 4.69) is 4.72 Å². The van der Waals surface area contributed by atoms with Crippen molar-refractivity contribution >= 4 is 10.0 Å². The summed E-state index contributed by atoms with van der Waals surface area (Å²) in [6.45, 7) is 0.686. The quantitative estimate of drug-likeness (QED) is 0.900. The van der Waals surface area contributed by atoms with Gasteiger partial charge in [-0.25, -0.2) is 13.1 Å². The van der Waals surface area contributed by atoms with Gasteiger partial charge < -0.3 is 9.47 Å². The van der Waals surface area contributed by atoms with E-state index in [0.29, 0.717) is 13.0 Å². The fourth-order valence-electron chi connectivity index (χ4n) is 2.75. The fourth-order valence-corrected chi connectivity index (χ4v) is 4.33. The van der Waals surface area contributed by atoms with Gasteiger partial charge in [0.2, 0.25) is 16.8 Å². The molecule has 1 heterocycles. The molecule has 3 rings (SSSR count). The van der Waals surface area contributed by atoms with Crippen molar-refractivity contribution in [2.45, 2.75) is 37.4 Å². The van der Waals surface area contributed by atoms with Crippen LogP contribution >= 0.6 is 0 Å². The minimum atomic E-state index is -3.15. The second-order valence-electron chi connectivity index (χ2n) is 5.28. The first-order chi connectivity index (χ1) is 9.65. The number of hydrogen-bond donors (Lipinski definition) is 1. The Morgan fingerprint density at radius 1 is 1.15 bits per heavy atom. The summed E-state index contributed by atoms with van der Waals surface area (Å²) in [6.07, 6.45) is 4.28. The Kier molecular flexibility index (Phi) is 3.85. The van der Waals surface area contributed by atoms with Crippen LogP contribution in [0.2, 0.25) is 0 Å². The lowest BCUT2D eigenvalue weighted by Gasteiger charge is -2.12. The molecule has 20 heavy (non-hydrogen) atoms. The zero-order valence-electron chi connectivity index (χ0n) is 11.3. The van der Waals surface area contributed by atoms with Gasteiger partial charge in [-0.2, -0.15) is 0 Å². The van der Waals surface area contributed by atoms with Crippen LogP contribution in [0, 0.1) is 0 Å². The lowest BCUT2D eigenvalue weighted by molar-refractivity contribution is 0.174. The molecule has 1 saturated carbocycles. The van der Waals surface area contributed by atoms with Gasteiger partial charge in [-0.05, 0) is 37.0 Å². The second kappa shape index (κ2) is 5.61. The monoisotopic (exact) mass is 297 g/mol. The first kappa shape index (κ1) is 13.7. The number of benzene rings is 1. The standard InChI is InChI=1S/C14H19NO4S/c16-20(17,12-3-1-2-4-12)15-8-7-11-5-6-13-14(9-11)19-10-18-13/h5-6,9,12,15H,1-4,7-8,10H2. The average Bonchev–Trinajstić information content (AvgIpc) is 3.09. The van der Waals surface area contributed by atoms with E-state index in [1.165, 1.54) is 0 Å². The molecule has 0 unspecified atom stereocenters. The fraction of sp³-hybridized carbons (Fsp3) is 0.571. The summed E-state index contributed by atoms with van der Waals surface area (Å²) in [5, 5.41) is -0.195. The molecule has 6 heteroatoms. The highest BCUT2D eigenvalue weighted by atomic mass is 32.2. The summed E-state index contributed by atoms with van der Waals surface area (Å²) in [7, 11) is -3.15. The average molecular weight is 297 g/mol. The van der Waals surface area contributed by atoms with E-state index in [-0.39, 0.29) is 12.0 Å². The van der Waals surface area contributed by atoms with Crippen molar-refractivity contribution in [1.29, 1.82) is 0 Å². The molecule has 0 amide bonds. The molecule has 1 N–H and O–H groups in total. The van der Waals surface area contributed by atoms with Crippen LogP contribution in [0.25, 0.3) is 0 Å². The molecule has 0 atom stereocenters. The third-order valence-electron chi connectivity index (χ3n) is 3.89. The van der Waals surface area contributed by atoms with E-state index in [1.807, 2.05) is 18.2 Å². The van der Waals surface area contributed by atoms with Crippen LogP contribution in [-0.4, -0.2) is 27.0 Å². The summed E-state index contributed by atoms with van der Waals surface area (Å²) in [4.78, 5) is 0. The van der Waals surface area contributed by atoms with Gasteiger partial charge in [-0.15, -0.1) is 0 Å². The van der Waals surface area contributed by atoms with Crippen LogP contribution < -0.4 is 14.2 Å². The molecule has 110 valence electrons. The smallest absolute Gasteiger partial charge is 0.231 e. The largest absolute Gasteiger partial charge is 0.454 e. The molecule has 2 aliphatic rings. The van der Waals surface area contributed by atoms with E-state index in [4.69, 9.17) is 9.47 Å². The first-order valence-corrected chi connectivity index (χ1v) is 8.57. The van der Waals surface area contributed by atoms with Crippen molar-refractivity contribution in [2.75, 3.05) is 13.3 Å². The third kappa shape index (κ3) is 2.91. The summed E-state index contributed by atoms with van der Waals surface area (Å²) < 4.78 is 37.4. The minimum Gasteiger partial charge on any atom is -0.454 e. The highest BCUT2D eigenvalue weighted by Crippen LogP contribution is 2.32. The normalized spacial score (nSPS) is 18.6. The van der Waals surface area contributed by atoms with E-state index < -0.39 is 10.0 Å². The Morgan fingerprint density at radius 2 is 1.90 bits per heavy atom. The van der Waals surface area contributed by atoms with Crippen molar-refractivity contribution < 1.29 is 17.9 Å². The molecule has 5 nitrogen and oxygen atoms in total. The minimum absolute atomic E-state index is 0.195. The van der Waals surface area contributed by atoms with Gasteiger partial charge in [0, 0.05) is 6.54 Å². The van der Waals surface area contributed by atoms with Gasteiger partial charge in [0.05, 0.1) is 5.25 Å². The van der Waals surface area contributed by atoms with Crippen LogP contribution in [0.1, 0.15) is 31.2 Å². The first-order valence-electron chi connectivity index (χ1n) is 7.02. The third-order valence-corrected chi connectivity index (χ3v) is 5.85. The van der Waals surface area contributed by atoms with Crippen LogP contribution in [0.3, 0.4) is 0 Å². The number of rotatable bonds is 5. The zero-order chi connectivity index (χ0) is 14.0. The van der Waals surface area contributed by atoms with Crippen molar-refractivity contribution in [3.05, 3.63) is 23.8 Å². The molecule has 1 aromatic carbocycles. The second-order valence-corrected chi connectivity index (χ2v) is 7.33. The predicted molar refractivity (Wildman–Crippen MR) is 75.4 cm³/mol. The topological polar surface area (TPSA) is 64.6 Å². The molecule has 1 aromatic rings. The van der Waals surface area contributed by atoms with Crippen molar-refractivity contribution in [1.82, 2.24) is 4.72 Å². The summed E-state index contributed by atoms with van der Waals surface area (Å²) in [5.74, 6) is 1.49. The predicted octanol–water partition coefficient (Wildman–Crippen LogP) is 1.82. The Balaban J connectivity index is 1.55. The maximum atomic E-state index is 12.1. The van der Waals surface area contributed by atoms with Gasteiger partial charge in [0.25, 0.3) is 0 Å². The number of ether oxygens (including phenoxy) is 2. The zero-order valence-corrected chi connectivity index (χ0v) is 12.1. The molecule has 0 bridgehead atoms. The molecule has 1 fully saturated rings. The molecular formula is C14H19NO4S. The van der Waals surface area contributed by atoms with Crippen LogP contribution in [0.5, 0.6) is 11.5 Å². The van der Waals surface area contributed by atoms with Gasteiger partial charge in [-0.3, -0.25) is 0 Å². The summed E-state index contributed by atoms with van der Waals surface area (Å²) in [6, 6.07) is 5.71. The van der Waals surface area contributed by atoms with Gasteiger partial charge in [0.15, 0.2) is 11.5 Å². The van der Waals surface area contributed by atoms with E-state index >= 15 is 0 Å². The maximum absolute atomic E-state index is 12.1. The molecular weight excluding hydrogens is 278 g/mol. The SMILES string of the molecule is O=S(=O)(NCCc1ccc2c(c1)OCO2)C1CCCC1. The van der Waals surface area contributed by atoms with E-state index in [0.717, 1.165) is 42.7 Å². The van der Waals surface area contributed by atoms with E-state index in [1.54, 1.807) is 0 Å². The van der Waals surface area contributed by atoms with Gasteiger partial charge in [0.1, 0.15) is 0 Å². The molecule has 1 aliphatic heterocycles. The van der Waals surface area contributed by atoms with Crippen molar-refractivity contribution in [3.63, 3.8) is 0 Å². The number of fused-ring (bicyclic) bond motifs is 1. The van der Waals surface area contributed by atoms with Crippen molar-refractivity contribution in [2.24, 2.45) is 0 Å². The Hall–Kier alpha value is -1.27. The maximum Gasteiger partial charge on any atom is 0.231 e. The van der Waals surface area contributed by atoms with Gasteiger partial charge in [-0.1, -0.05) is 18.9 Å². The molecule has 1 aliphatic carbocycles. The van der Waals surface area contributed by atoms with Crippen molar-refractivity contribution in [3.8, 4) is 11.5 Å². The molecule has 0 aromatic heterocycles. The molecule has 0 spiro atoms. The lowest BCUT2D eigenvalue weighted by atomic mass is 10.1. The lowest BCUT2D eigenvalue weighted by Crippen LogP contribution is -2.34. The number of hydrogen-bond acceptors (Lipinski definition) is 4. The summed E-state index contributed by atoms with van der Waals surface area (Å²) >= 11 is 0. The van der Waals surface area contributed by atoms with Crippen LogP contribution in [0.15, 0.2) is 18.2 Å². The van der Waals surface area contributed by atoms with E-state index in [9.17, 15) is 8.42 Å². The molecule has 0 radical (unpaired) electrons. The van der Waals surface area contributed by atoms with Crippen LogP contribution in [-0.2, 0) is 16.4 Å². The molecule has 0 saturated heterocycles. The van der Waals surface area contributed by atoms with Gasteiger partial charge >= 0.3 is 0 Å².